The average Bonchev–Trinajstić information content (AvgIpc) is 2.84. The highest BCUT2D eigenvalue weighted by atomic mass is 16.5. The van der Waals surface area contributed by atoms with Crippen LogP contribution < -0.4 is 5.73 Å². The molecule has 0 aromatic heterocycles. The van der Waals surface area contributed by atoms with Crippen molar-refractivity contribution in [1.29, 1.82) is 0 Å². The van der Waals surface area contributed by atoms with Gasteiger partial charge in [-0.1, -0.05) is 19.1 Å². The number of rotatable bonds is 7. The molecule has 132 valence electrons. The van der Waals surface area contributed by atoms with Crippen molar-refractivity contribution in [2.75, 3.05) is 19.7 Å². The summed E-state index contributed by atoms with van der Waals surface area (Å²) < 4.78 is 5.82. The summed E-state index contributed by atoms with van der Waals surface area (Å²) in [6.07, 6.45) is 5.49. The van der Waals surface area contributed by atoms with Crippen molar-refractivity contribution in [3.8, 4) is 0 Å². The number of carbonyl (C=O) groups excluding carboxylic acids is 2. The fraction of sp³-hybridized carbons (Fsp3) is 0.579. The molecule has 1 heterocycles. The molecule has 0 radical (unpaired) electrons. The predicted octanol–water partition coefficient (Wildman–Crippen LogP) is 2.53. The first-order valence-corrected chi connectivity index (χ1v) is 8.88. The lowest BCUT2D eigenvalue weighted by Gasteiger charge is -2.20. The Hall–Kier alpha value is -1.88. The summed E-state index contributed by atoms with van der Waals surface area (Å²) in [7, 11) is 0. The summed E-state index contributed by atoms with van der Waals surface area (Å²) in [5, 5.41) is 0. The van der Waals surface area contributed by atoms with Crippen LogP contribution in [0.5, 0.6) is 0 Å². The highest BCUT2D eigenvalue weighted by Crippen LogP contribution is 2.16. The molecule has 1 aliphatic heterocycles. The van der Waals surface area contributed by atoms with Gasteiger partial charge in [0.05, 0.1) is 6.10 Å². The van der Waals surface area contributed by atoms with Crippen molar-refractivity contribution < 1.29 is 14.3 Å². The van der Waals surface area contributed by atoms with Crippen molar-refractivity contribution in [3.63, 3.8) is 0 Å². The van der Waals surface area contributed by atoms with E-state index in [0.29, 0.717) is 24.5 Å². The number of ether oxygens (including phenoxy) is 1. The fourth-order valence-electron chi connectivity index (χ4n) is 3.01. The van der Waals surface area contributed by atoms with Gasteiger partial charge in [-0.2, -0.15) is 0 Å². The van der Waals surface area contributed by atoms with Crippen molar-refractivity contribution >= 4 is 11.8 Å². The summed E-state index contributed by atoms with van der Waals surface area (Å²) in [6.45, 7) is 4.53. The molecule has 1 unspecified atom stereocenters. The Kier molecular flexibility index (Phi) is 7.25. The van der Waals surface area contributed by atoms with Gasteiger partial charge in [0, 0.05) is 31.7 Å². The van der Waals surface area contributed by atoms with Gasteiger partial charge in [0.2, 0.25) is 11.8 Å². The molecule has 0 spiro atoms. The molecular weight excluding hydrogens is 304 g/mol. The fourth-order valence-corrected chi connectivity index (χ4v) is 3.01. The van der Waals surface area contributed by atoms with E-state index in [-0.39, 0.29) is 5.91 Å². The second-order valence-electron chi connectivity index (χ2n) is 6.37. The summed E-state index contributed by atoms with van der Waals surface area (Å²) in [4.78, 5) is 25.5. The van der Waals surface area contributed by atoms with Gasteiger partial charge in [0.1, 0.15) is 0 Å². The predicted molar refractivity (Wildman–Crippen MR) is 93.7 cm³/mol. The standard InChI is InChI=1S/C19H28N2O3/c1-2-14-24-17-4-3-12-21(13-11-17)18(22)10-7-15-5-8-16(9-6-15)19(20)23/h5-6,8-9,17H,2-4,7,10-14H2,1H3,(H2,20,23). The zero-order chi connectivity index (χ0) is 17.4. The zero-order valence-electron chi connectivity index (χ0n) is 14.5. The van der Waals surface area contributed by atoms with Crippen LogP contribution in [0.4, 0.5) is 0 Å². The lowest BCUT2D eigenvalue weighted by Crippen LogP contribution is -2.32. The first kappa shape index (κ1) is 18.5. The largest absolute Gasteiger partial charge is 0.378 e. The van der Waals surface area contributed by atoms with Crippen LogP contribution in [-0.4, -0.2) is 42.5 Å². The molecule has 0 aliphatic carbocycles. The third-order valence-electron chi connectivity index (χ3n) is 4.45. The number of carbonyl (C=O) groups is 2. The Labute approximate surface area is 144 Å². The van der Waals surface area contributed by atoms with Crippen LogP contribution in [-0.2, 0) is 16.0 Å². The lowest BCUT2D eigenvalue weighted by atomic mass is 10.1. The molecule has 1 aromatic carbocycles. The molecule has 5 heteroatoms. The molecule has 1 aliphatic rings. The van der Waals surface area contributed by atoms with E-state index in [9.17, 15) is 9.59 Å². The van der Waals surface area contributed by atoms with Crippen molar-refractivity contribution in [2.24, 2.45) is 5.73 Å². The van der Waals surface area contributed by atoms with Gasteiger partial charge in [0.25, 0.3) is 0 Å². The molecule has 0 bridgehead atoms. The van der Waals surface area contributed by atoms with E-state index in [2.05, 4.69) is 6.92 Å². The Morgan fingerprint density at radius 2 is 1.96 bits per heavy atom. The van der Waals surface area contributed by atoms with Crippen LogP contribution in [0.2, 0.25) is 0 Å². The Morgan fingerprint density at radius 3 is 2.62 bits per heavy atom. The van der Waals surface area contributed by atoms with Crippen LogP contribution in [0.1, 0.15) is 54.9 Å². The second-order valence-corrected chi connectivity index (χ2v) is 6.37. The van der Waals surface area contributed by atoms with E-state index in [1.54, 1.807) is 12.1 Å². The van der Waals surface area contributed by atoms with Gasteiger partial charge in [-0.3, -0.25) is 9.59 Å². The second kappa shape index (κ2) is 9.42. The van der Waals surface area contributed by atoms with Gasteiger partial charge >= 0.3 is 0 Å². The van der Waals surface area contributed by atoms with Gasteiger partial charge in [0.15, 0.2) is 0 Å². The van der Waals surface area contributed by atoms with Gasteiger partial charge in [-0.15, -0.1) is 0 Å². The maximum Gasteiger partial charge on any atom is 0.248 e. The minimum absolute atomic E-state index is 0.199. The van der Waals surface area contributed by atoms with Crippen LogP contribution in [0, 0.1) is 0 Å². The number of likely N-dealkylation sites (tertiary alicyclic amines) is 1. The molecule has 0 saturated carbocycles. The Bertz CT molecular complexity index is 542. The molecule has 1 aromatic rings. The zero-order valence-corrected chi connectivity index (χ0v) is 14.5. The summed E-state index contributed by atoms with van der Waals surface area (Å²) >= 11 is 0. The highest BCUT2D eigenvalue weighted by molar-refractivity contribution is 5.92. The number of benzene rings is 1. The number of hydrogen-bond donors (Lipinski definition) is 1. The van der Waals surface area contributed by atoms with E-state index in [1.807, 2.05) is 17.0 Å². The van der Waals surface area contributed by atoms with E-state index in [1.165, 1.54) is 0 Å². The molecular formula is C19H28N2O3. The number of aryl methyl sites for hydroxylation is 1. The minimum Gasteiger partial charge on any atom is -0.378 e. The van der Waals surface area contributed by atoms with E-state index < -0.39 is 5.91 Å². The smallest absolute Gasteiger partial charge is 0.248 e. The number of nitrogens with zero attached hydrogens (tertiary/aromatic N) is 1. The van der Waals surface area contributed by atoms with Gasteiger partial charge < -0.3 is 15.4 Å². The third-order valence-corrected chi connectivity index (χ3v) is 4.45. The van der Waals surface area contributed by atoms with Crippen molar-refractivity contribution in [2.45, 2.75) is 51.6 Å². The van der Waals surface area contributed by atoms with Crippen molar-refractivity contribution in [3.05, 3.63) is 35.4 Å². The SMILES string of the molecule is CCCOC1CCCN(C(=O)CCc2ccc(C(N)=O)cc2)CC1. The summed E-state index contributed by atoms with van der Waals surface area (Å²) in [5.74, 6) is -0.229. The summed E-state index contributed by atoms with van der Waals surface area (Å²) in [5.41, 5.74) is 6.77. The Morgan fingerprint density at radius 1 is 1.21 bits per heavy atom. The molecule has 2 N–H and O–H groups in total. The van der Waals surface area contributed by atoms with Gasteiger partial charge in [-0.05, 0) is 49.8 Å². The monoisotopic (exact) mass is 332 g/mol. The lowest BCUT2D eigenvalue weighted by molar-refractivity contribution is -0.131. The summed E-state index contributed by atoms with van der Waals surface area (Å²) in [6, 6.07) is 7.16. The molecule has 5 nitrogen and oxygen atoms in total. The number of nitrogens with two attached hydrogens (primary N) is 1. The van der Waals surface area contributed by atoms with Crippen molar-refractivity contribution in [1.82, 2.24) is 4.90 Å². The van der Waals surface area contributed by atoms with Gasteiger partial charge in [-0.25, -0.2) is 0 Å². The number of amides is 2. The average molecular weight is 332 g/mol. The normalized spacial score (nSPS) is 18.2. The van der Waals surface area contributed by atoms with Crippen LogP contribution in [0.15, 0.2) is 24.3 Å². The molecule has 2 rings (SSSR count). The first-order chi connectivity index (χ1) is 11.6. The van der Waals surface area contributed by atoms with E-state index in [4.69, 9.17) is 10.5 Å². The third kappa shape index (κ3) is 5.64. The molecule has 24 heavy (non-hydrogen) atoms. The van der Waals surface area contributed by atoms with Crippen LogP contribution in [0.3, 0.4) is 0 Å². The maximum atomic E-state index is 12.4. The molecule has 1 fully saturated rings. The maximum absolute atomic E-state index is 12.4. The quantitative estimate of drug-likeness (QED) is 0.834. The molecule has 2 amide bonds. The highest BCUT2D eigenvalue weighted by Gasteiger charge is 2.20. The molecule has 1 atom stereocenters. The number of primary amides is 1. The Balaban J connectivity index is 1.78. The first-order valence-electron chi connectivity index (χ1n) is 8.88. The van der Waals surface area contributed by atoms with E-state index >= 15 is 0 Å². The molecule has 1 saturated heterocycles. The van der Waals surface area contributed by atoms with Crippen LogP contribution in [0.25, 0.3) is 0 Å². The van der Waals surface area contributed by atoms with E-state index in [0.717, 1.165) is 50.9 Å². The number of hydrogen-bond acceptors (Lipinski definition) is 3. The topological polar surface area (TPSA) is 72.6 Å². The van der Waals surface area contributed by atoms with Crippen LogP contribution >= 0.6 is 0 Å². The minimum atomic E-state index is -0.429.